The van der Waals surface area contributed by atoms with E-state index in [0.717, 1.165) is 6.42 Å². The standard InChI is InChI=1S/C10H20N2O4/c1-4-5(2)7(11)9(14)12-8(6(3)13)10(15)16/h5-8,13H,4,11H2,1-3H3,(H,12,14)(H,15,16)/t5?,6-,7+,8+/m1/s1. The number of carboxylic acid groups (broad SMARTS) is 1. The van der Waals surface area contributed by atoms with Gasteiger partial charge in [-0.25, -0.2) is 4.79 Å². The Bertz CT molecular complexity index is 255. The molecule has 0 rings (SSSR count). The van der Waals surface area contributed by atoms with Crippen LogP contribution in [0.3, 0.4) is 0 Å². The summed E-state index contributed by atoms with van der Waals surface area (Å²) in [5.74, 6) is -1.87. The largest absolute Gasteiger partial charge is 0.480 e. The Balaban J connectivity index is 4.46. The van der Waals surface area contributed by atoms with Crippen molar-refractivity contribution >= 4 is 11.9 Å². The highest BCUT2D eigenvalue weighted by Crippen LogP contribution is 2.06. The van der Waals surface area contributed by atoms with Crippen LogP contribution in [0.25, 0.3) is 0 Å². The molecule has 0 aromatic carbocycles. The lowest BCUT2D eigenvalue weighted by molar-refractivity contribution is -0.145. The lowest BCUT2D eigenvalue weighted by Gasteiger charge is -2.22. The van der Waals surface area contributed by atoms with E-state index < -0.39 is 30.1 Å². The van der Waals surface area contributed by atoms with Gasteiger partial charge in [0.2, 0.25) is 5.91 Å². The van der Waals surface area contributed by atoms with Crippen LogP contribution >= 0.6 is 0 Å². The van der Waals surface area contributed by atoms with Crippen molar-refractivity contribution in [2.75, 3.05) is 0 Å². The van der Waals surface area contributed by atoms with Crippen LogP contribution in [0.2, 0.25) is 0 Å². The molecule has 5 N–H and O–H groups in total. The van der Waals surface area contributed by atoms with Gasteiger partial charge >= 0.3 is 5.97 Å². The van der Waals surface area contributed by atoms with Crippen molar-refractivity contribution in [2.24, 2.45) is 11.7 Å². The Hall–Kier alpha value is -1.14. The molecule has 0 saturated carbocycles. The third-order valence-electron chi connectivity index (χ3n) is 2.61. The van der Waals surface area contributed by atoms with Gasteiger partial charge in [-0.05, 0) is 12.8 Å². The Labute approximate surface area is 94.8 Å². The molecule has 0 radical (unpaired) electrons. The molecule has 0 spiro atoms. The monoisotopic (exact) mass is 232 g/mol. The number of carboxylic acids is 1. The Morgan fingerprint density at radius 3 is 2.19 bits per heavy atom. The summed E-state index contributed by atoms with van der Waals surface area (Å²) >= 11 is 0. The average molecular weight is 232 g/mol. The maximum Gasteiger partial charge on any atom is 0.328 e. The van der Waals surface area contributed by atoms with Gasteiger partial charge in [-0.3, -0.25) is 4.79 Å². The normalized spacial score (nSPS) is 18.3. The predicted octanol–water partition coefficient (Wildman–Crippen LogP) is -0.690. The summed E-state index contributed by atoms with van der Waals surface area (Å²) in [6.07, 6.45) is -0.438. The lowest BCUT2D eigenvalue weighted by atomic mass is 9.99. The van der Waals surface area contributed by atoms with E-state index in [0.29, 0.717) is 0 Å². The molecule has 0 heterocycles. The number of aliphatic hydroxyl groups excluding tert-OH is 1. The maximum absolute atomic E-state index is 11.6. The molecule has 1 amide bonds. The Kier molecular flexibility index (Phi) is 5.98. The summed E-state index contributed by atoms with van der Waals surface area (Å²) in [5.41, 5.74) is 5.63. The SMILES string of the molecule is CCC(C)[C@H](N)C(=O)N[C@H](C(=O)O)[C@@H](C)O. The molecule has 4 atom stereocenters. The number of aliphatic hydroxyl groups is 1. The molecular formula is C10H20N2O4. The van der Waals surface area contributed by atoms with Crippen LogP contribution in [0.1, 0.15) is 27.2 Å². The van der Waals surface area contributed by atoms with Gasteiger partial charge in [0.1, 0.15) is 0 Å². The van der Waals surface area contributed by atoms with Crippen LogP contribution in [-0.2, 0) is 9.59 Å². The number of carbonyl (C=O) groups excluding carboxylic acids is 1. The second-order valence-corrected chi connectivity index (χ2v) is 3.98. The molecule has 0 aromatic heterocycles. The molecule has 94 valence electrons. The number of rotatable bonds is 6. The summed E-state index contributed by atoms with van der Waals surface area (Å²) in [4.78, 5) is 22.3. The van der Waals surface area contributed by atoms with Gasteiger partial charge in [-0.2, -0.15) is 0 Å². The fourth-order valence-electron chi connectivity index (χ4n) is 1.15. The quantitative estimate of drug-likeness (QED) is 0.484. The predicted molar refractivity (Wildman–Crippen MR) is 58.7 cm³/mol. The molecule has 0 bridgehead atoms. The highest BCUT2D eigenvalue weighted by Gasteiger charge is 2.28. The highest BCUT2D eigenvalue weighted by molar-refractivity contribution is 5.87. The molecule has 0 aliphatic carbocycles. The number of amides is 1. The van der Waals surface area contributed by atoms with Gasteiger partial charge in [0, 0.05) is 0 Å². The van der Waals surface area contributed by atoms with Crippen LogP contribution < -0.4 is 11.1 Å². The molecule has 0 saturated heterocycles. The molecule has 6 heteroatoms. The van der Waals surface area contributed by atoms with Crippen molar-refractivity contribution in [2.45, 2.75) is 45.4 Å². The topological polar surface area (TPSA) is 113 Å². The minimum Gasteiger partial charge on any atom is -0.480 e. The van der Waals surface area contributed by atoms with Crippen molar-refractivity contribution in [3.8, 4) is 0 Å². The Morgan fingerprint density at radius 1 is 1.38 bits per heavy atom. The molecule has 0 aliphatic heterocycles. The molecule has 0 fully saturated rings. The Morgan fingerprint density at radius 2 is 1.88 bits per heavy atom. The lowest BCUT2D eigenvalue weighted by Crippen LogP contribution is -2.54. The van der Waals surface area contributed by atoms with Crippen molar-refractivity contribution in [3.05, 3.63) is 0 Å². The number of nitrogens with two attached hydrogens (primary N) is 1. The van der Waals surface area contributed by atoms with Crippen molar-refractivity contribution in [1.82, 2.24) is 5.32 Å². The minimum atomic E-state index is -1.32. The zero-order valence-electron chi connectivity index (χ0n) is 9.80. The molecule has 1 unspecified atom stereocenters. The highest BCUT2D eigenvalue weighted by atomic mass is 16.4. The van der Waals surface area contributed by atoms with Gasteiger partial charge < -0.3 is 21.3 Å². The molecule has 16 heavy (non-hydrogen) atoms. The minimum absolute atomic E-state index is 0.0385. The molecule has 6 nitrogen and oxygen atoms in total. The number of nitrogens with one attached hydrogen (secondary N) is 1. The van der Waals surface area contributed by atoms with E-state index in [-0.39, 0.29) is 5.92 Å². The second kappa shape index (κ2) is 6.44. The fraction of sp³-hybridized carbons (Fsp3) is 0.800. The first-order valence-electron chi connectivity index (χ1n) is 5.28. The second-order valence-electron chi connectivity index (χ2n) is 3.98. The average Bonchev–Trinajstić information content (AvgIpc) is 2.22. The van der Waals surface area contributed by atoms with Gasteiger partial charge in [-0.15, -0.1) is 0 Å². The van der Waals surface area contributed by atoms with E-state index in [9.17, 15) is 14.7 Å². The summed E-state index contributed by atoms with van der Waals surface area (Å²) < 4.78 is 0. The van der Waals surface area contributed by atoms with E-state index in [1.165, 1.54) is 6.92 Å². The van der Waals surface area contributed by atoms with E-state index in [1.807, 2.05) is 13.8 Å². The van der Waals surface area contributed by atoms with E-state index >= 15 is 0 Å². The molecular weight excluding hydrogens is 212 g/mol. The smallest absolute Gasteiger partial charge is 0.328 e. The van der Waals surface area contributed by atoms with Crippen LogP contribution in [0, 0.1) is 5.92 Å². The van der Waals surface area contributed by atoms with Gasteiger partial charge in [0.05, 0.1) is 12.1 Å². The van der Waals surface area contributed by atoms with Crippen molar-refractivity contribution < 1.29 is 19.8 Å². The first kappa shape index (κ1) is 14.9. The summed E-state index contributed by atoms with van der Waals surface area (Å²) in [5, 5.41) is 20.1. The first-order chi connectivity index (χ1) is 7.31. The number of hydrogen-bond donors (Lipinski definition) is 4. The van der Waals surface area contributed by atoms with Crippen LogP contribution in [0.15, 0.2) is 0 Å². The maximum atomic E-state index is 11.6. The fourth-order valence-corrected chi connectivity index (χ4v) is 1.15. The third-order valence-corrected chi connectivity index (χ3v) is 2.61. The molecule has 0 aliphatic rings. The third kappa shape index (κ3) is 4.16. The van der Waals surface area contributed by atoms with E-state index in [4.69, 9.17) is 10.8 Å². The van der Waals surface area contributed by atoms with Crippen molar-refractivity contribution in [1.29, 1.82) is 0 Å². The van der Waals surface area contributed by atoms with Gasteiger partial charge in [-0.1, -0.05) is 20.3 Å². The van der Waals surface area contributed by atoms with Crippen molar-refractivity contribution in [3.63, 3.8) is 0 Å². The van der Waals surface area contributed by atoms with Crippen LogP contribution in [-0.4, -0.2) is 40.3 Å². The molecule has 0 aromatic rings. The zero-order valence-corrected chi connectivity index (χ0v) is 9.80. The first-order valence-corrected chi connectivity index (χ1v) is 5.28. The zero-order chi connectivity index (χ0) is 12.9. The van der Waals surface area contributed by atoms with Gasteiger partial charge in [0.25, 0.3) is 0 Å². The van der Waals surface area contributed by atoms with Crippen LogP contribution in [0.5, 0.6) is 0 Å². The van der Waals surface area contributed by atoms with Gasteiger partial charge in [0.15, 0.2) is 6.04 Å². The number of hydrogen-bond acceptors (Lipinski definition) is 4. The summed E-state index contributed by atoms with van der Waals surface area (Å²) in [6.45, 7) is 5.00. The van der Waals surface area contributed by atoms with E-state index in [1.54, 1.807) is 0 Å². The summed E-state index contributed by atoms with van der Waals surface area (Å²) in [6, 6.07) is -2.08. The van der Waals surface area contributed by atoms with E-state index in [2.05, 4.69) is 5.32 Å². The van der Waals surface area contributed by atoms with Crippen LogP contribution in [0.4, 0.5) is 0 Å². The number of carbonyl (C=O) groups is 2. The number of aliphatic carboxylic acids is 1. The summed E-state index contributed by atoms with van der Waals surface area (Å²) in [7, 11) is 0.